The van der Waals surface area contributed by atoms with E-state index in [1.54, 1.807) is 0 Å². The molecule has 0 saturated heterocycles. The van der Waals surface area contributed by atoms with Gasteiger partial charge in [-0.3, -0.25) is 10.1 Å². The molecule has 0 spiro atoms. The van der Waals surface area contributed by atoms with Crippen LogP contribution in [0.3, 0.4) is 0 Å². The zero-order valence-electron chi connectivity index (χ0n) is 17.7. The van der Waals surface area contributed by atoms with Gasteiger partial charge in [-0.1, -0.05) is 48.5 Å². The molecule has 10 heteroatoms. The molecule has 2 unspecified atom stereocenters. The van der Waals surface area contributed by atoms with E-state index < -0.39 is 52.7 Å². The van der Waals surface area contributed by atoms with Crippen molar-refractivity contribution in [3.8, 4) is 11.1 Å². The van der Waals surface area contributed by atoms with Crippen LogP contribution in [-0.4, -0.2) is 40.5 Å². The summed E-state index contributed by atoms with van der Waals surface area (Å²) in [5.41, 5.74) is 2.62. The topological polar surface area (TPSA) is 122 Å². The minimum atomic E-state index is -1.95. The molecule has 0 heterocycles. The van der Waals surface area contributed by atoms with E-state index >= 15 is 0 Å². The third-order valence-electron chi connectivity index (χ3n) is 5.75. The summed E-state index contributed by atoms with van der Waals surface area (Å²) in [5, 5.41) is 33.8. The number of fused-ring (bicyclic) bond motifs is 3. The minimum absolute atomic E-state index is 0.0210. The fourth-order valence-corrected chi connectivity index (χ4v) is 4.10. The number of rotatable bonds is 7. The molecule has 0 fully saturated rings. The molecule has 1 aliphatic rings. The van der Waals surface area contributed by atoms with Gasteiger partial charge in [0.05, 0.1) is 16.6 Å². The first-order valence-corrected chi connectivity index (χ1v) is 10.4. The Balaban J connectivity index is 1.38. The molecule has 0 saturated carbocycles. The van der Waals surface area contributed by atoms with E-state index in [2.05, 4.69) is 5.32 Å². The van der Waals surface area contributed by atoms with Crippen molar-refractivity contribution in [3.05, 3.63) is 99.1 Å². The van der Waals surface area contributed by atoms with Gasteiger partial charge in [-0.2, -0.15) is 0 Å². The molecule has 3 aromatic rings. The summed E-state index contributed by atoms with van der Waals surface area (Å²) in [4.78, 5) is 22.3. The second-order valence-electron chi connectivity index (χ2n) is 7.80. The zero-order chi connectivity index (χ0) is 24.4. The molecule has 3 aromatic carbocycles. The summed E-state index contributed by atoms with van der Waals surface area (Å²) in [6.45, 7) is -0.527. The number of carbonyl (C=O) groups excluding carboxylic acids is 1. The average Bonchev–Trinajstić information content (AvgIpc) is 3.15. The fraction of sp³-hybridized carbons (Fsp3) is 0.208. The molecule has 0 radical (unpaired) electrons. The predicted octanol–water partition coefficient (Wildman–Crippen LogP) is 3.81. The van der Waals surface area contributed by atoms with Gasteiger partial charge >= 0.3 is 6.09 Å². The number of aliphatic hydroxyl groups excluding tert-OH is 2. The standard InChI is InChI=1S/C24H20F2N2O6/c25-19-9-17(21(28(32)33)10-20(19)26)23(30)22(29)11-27-24(31)34-12-18-15-7-3-1-5-13(15)14-6-2-4-8-16(14)18/h1-10,18,22-23,29-30H,11-12H2,(H,27,31). The lowest BCUT2D eigenvalue weighted by molar-refractivity contribution is -0.386. The second kappa shape index (κ2) is 9.54. The SMILES string of the molecule is O=C(NCC(O)C(O)c1cc(F)c(F)cc1[N+](=O)[O-])OCC1c2ccccc2-c2ccccc21. The van der Waals surface area contributed by atoms with Crippen LogP contribution in [0.4, 0.5) is 19.3 Å². The molecule has 1 aliphatic carbocycles. The van der Waals surface area contributed by atoms with Gasteiger partial charge in [0.25, 0.3) is 5.69 Å². The van der Waals surface area contributed by atoms with Gasteiger partial charge in [0.15, 0.2) is 11.6 Å². The van der Waals surface area contributed by atoms with Gasteiger partial charge < -0.3 is 20.3 Å². The molecule has 3 N–H and O–H groups in total. The van der Waals surface area contributed by atoms with Crippen molar-refractivity contribution < 1.29 is 33.4 Å². The number of nitrogens with zero attached hydrogens (tertiary/aromatic N) is 1. The number of halogens is 2. The van der Waals surface area contributed by atoms with E-state index in [9.17, 15) is 33.9 Å². The number of nitrogens with one attached hydrogen (secondary N) is 1. The number of nitro benzene ring substituents is 1. The van der Waals surface area contributed by atoms with E-state index in [0.717, 1.165) is 22.3 Å². The third kappa shape index (κ3) is 4.45. The summed E-state index contributed by atoms with van der Waals surface area (Å²) < 4.78 is 32.2. The number of nitro groups is 1. The Morgan fingerprint density at radius 1 is 1.03 bits per heavy atom. The van der Waals surface area contributed by atoms with Crippen molar-refractivity contribution in [3.63, 3.8) is 0 Å². The number of amides is 1. The number of hydrogen-bond donors (Lipinski definition) is 3. The van der Waals surface area contributed by atoms with Crippen LogP contribution in [0.2, 0.25) is 0 Å². The highest BCUT2D eigenvalue weighted by Gasteiger charge is 2.31. The third-order valence-corrected chi connectivity index (χ3v) is 5.75. The number of hydrogen-bond acceptors (Lipinski definition) is 6. The van der Waals surface area contributed by atoms with E-state index in [1.807, 2.05) is 48.5 Å². The molecule has 0 aromatic heterocycles. The highest BCUT2D eigenvalue weighted by atomic mass is 19.2. The summed E-state index contributed by atoms with van der Waals surface area (Å²) in [6.07, 6.45) is -4.58. The summed E-state index contributed by atoms with van der Waals surface area (Å²) >= 11 is 0. The number of benzene rings is 3. The molecule has 176 valence electrons. The smallest absolute Gasteiger partial charge is 0.407 e. The van der Waals surface area contributed by atoms with Crippen LogP contribution in [-0.2, 0) is 4.74 Å². The Morgan fingerprint density at radius 3 is 2.18 bits per heavy atom. The quantitative estimate of drug-likeness (QED) is 0.357. The summed E-state index contributed by atoms with van der Waals surface area (Å²) in [7, 11) is 0. The first-order chi connectivity index (χ1) is 16.3. The van der Waals surface area contributed by atoms with E-state index in [1.165, 1.54) is 0 Å². The molecule has 34 heavy (non-hydrogen) atoms. The molecule has 0 aliphatic heterocycles. The first kappa shape index (κ1) is 23.3. The van der Waals surface area contributed by atoms with Crippen molar-refractivity contribution >= 4 is 11.8 Å². The lowest BCUT2D eigenvalue weighted by Crippen LogP contribution is -2.36. The van der Waals surface area contributed by atoms with Gasteiger partial charge in [-0.05, 0) is 28.3 Å². The molecular weight excluding hydrogens is 450 g/mol. The van der Waals surface area contributed by atoms with E-state index in [0.29, 0.717) is 12.1 Å². The van der Waals surface area contributed by atoms with E-state index in [4.69, 9.17) is 4.74 Å². The molecule has 1 amide bonds. The molecule has 0 bridgehead atoms. The maximum atomic E-state index is 13.5. The monoisotopic (exact) mass is 470 g/mol. The van der Waals surface area contributed by atoms with Gasteiger partial charge in [0.2, 0.25) is 0 Å². The summed E-state index contributed by atoms with van der Waals surface area (Å²) in [6, 6.07) is 16.3. The number of carbonyl (C=O) groups is 1. The van der Waals surface area contributed by atoms with E-state index in [-0.39, 0.29) is 12.5 Å². The largest absolute Gasteiger partial charge is 0.449 e. The first-order valence-electron chi connectivity index (χ1n) is 10.4. The van der Waals surface area contributed by atoms with Gasteiger partial charge in [-0.25, -0.2) is 13.6 Å². The van der Waals surface area contributed by atoms with Crippen molar-refractivity contribution in [1.82, 2.24) is 5.32 Å². The minimum Gasteiger partial charge on any atom is -0.449 e. The Hall–Kier alpha value is -3.89. The van der Waals surface area contributed by atoms with Crippen molar-refractivity contribution in [2.75, 3.05) is 13.2 Å². The Labute approximate surface area is 192 Å². The zero-order valence-corrected chi connectivity index (χ0v) is 17.7. The van der Waals surface area contributed by atoms with Gasteiger partial charge in [-0.15, -0.1) is 0 Å². The Morgan fingerprint density at radius 2 is 1.59 bits per heavy atom. The van der Waals surface area contributed by atoms with Crippen LogP contribution in [0.15, 0.2) is 60.7 Å². The highest BCUT2D eigenvalue weighted by Crippen LogP contribution is 2.44. The van der Waals surface area contributed by atoms with Gasteiger partial charge in [0.1, 0.15) is 18.8 Å². The lowest BCUT2D eigenvalue weighted by atomic mass is 9.98. The van der Waals surface area contributed by atoms with Crippen LogP contribution in [0.1, 0.15) is 28.7 Å². The fourth-order valence-electron chi connectivity index (χ4n) is 4.10. The average molecular weight is 470 g/mol. The van der Waals surface area contributed by atoms with Crippen molar-refractivity contribution in [1.29, 1.82) is 0 Å². The van der Waals surface area contributed by atoms with Gasteiger partial charge in [0, 0.05) is 12.5 Å². The van der Waals surface area contributed by atoms with Crippen LogP contribution in [0.5, 0.6) is 0 Å². The van der Waals surface area contributed by atoms with Crippen LogP contribution < -0.4 is 5.32 Å². The lowest BCUT2D eigenvalue weighted by Gasteiger charge is -2.19. The Bertz CT molecular complexity index is 1210. The number of aliphatic hydroxyl groups is 2. The molecule has 2 atom stereocenters. The Kier molecular flexibility index (Phi) is 6.53. The number of alkyl carbamates (subject to hydrolysis) is 1. The maximum absolute atomic E-state index is 13.5. The normalized spacial score (nSPS) is 14.1. The highest BCUT2D eigenvalue weighted by molar-refractivity contribution is 5.79. The van der Waals surface area contributed by atoms with Crippen LogP contribution in [0, 0.1) is 21.7 Å². The summed E-state index contributed by atoms with van der Waals surface area (Å²) in [5.74, 6) is -3.07. The van der Waals surface area contributed by atoms with Crippen molar-refractivity contribution in [2.24, 2.45) is 0 Å². The predicted molar refractivity (Wildman–Crippen MR) is 117 cm³/mol. The molecule has 8 nitrogen and oxygen atoms in total. The maximum Gasteiger partial charge on any atom is 0.407 e. The number of ether oxygens (including phenoxy) is 1. The molecular formula is C24H20F2N2O6. The van der Waals surface area contributed by atoms with Crippen molar-refractivity contribution in [2.45, 2.75) is 18.1 Å². The second-order valence-corrected chi connectivity index (χ2v) is 7.80. The molecule has 4 rings (SSSR count). The van der Waals surface area contributed by atoms with Crippen LogP contribution >= 0.6 is 0 Å². The van der Waals surface area contributed by atoms with Crippen LogP contribution in [0.25, 0.3) is 11.1 Å².